The average molecular weight is 424 g/mol. The van der Waals surface area contributed by atoms with Gasteiger partial charge in [0.15, 0.2) is 6.79 Å². The van der Waals surface area contributed by atoms with Gasteiger partial charge in [-0.15, -0.1) is 23.4 Å². The second kappa shape index (κ2) is 8.78. The van der Waals surface area contributed by atoms with E-state index in [1.54, 1.807) is 0 Å². The normalized spacial score (nSPS) is 24.0. The molecule has 0 spiro atoms. The van der Waals surface area contributed by atoms with Crippen LogP contribution in [0.4, 0.5) is 4.79 Å². The second-order valence-electron chi connectivity index (χ2n) is 5.36. The highest BCUT2D eigenvalue weighted by molar-refractivity contribution is 8.00. The standard InChI is InChI=1S/C14H18ClN3O8S/c1-23-6-26-10(20)9-7(4-25-13(16)22)5-27-12-14(24-2,11(21)18(9)12)17-8(19)3-15/h12H,3-6H2,1-2H3,(H2,16,22)(H,17,19)/t12-,14?/m0/s1. The highest BCUT2D eigenvalue weighted by Gasteiger charge is 2.66. The smallest absolute Gasteiger partial charge is 0.404 e. The maximum absolute atomic E-state index is 12.8. The van der Waals surface area contributed by atoms with Crippen LogP contribution in [0.3, 0.4) is 0 Å². The van der Waals surface area contributed by atoms with Crippen LogP contribution in [0.5, 0.6) is 0 Å². The lowest BCUT2D eigenvalue weighted by molar-refractivity contribution is -0.193. The Morgan fingerprint density at radius 3 is 2.63 bits per heavy atom. The number of nitrogens with zero attached hydrogens (tertiary/aromatic N) is 1. The van der Waals surface area contributed by atoms with Gasteiger partial charge < -0.3 is 30.0 Å². The Bertz CT molecular complexity index is 687. The number of esters is 1. The van der Waals surface area contributed by atoms with Crippen molar-refractivity contribution < 1.29 is 38.1 Å². The molecule has 0 aromatic rings. The highest BCUT2D eigenvalue weighted by atomic mass is 35.5. The van der Waals surface area contributed by atoms with Crippen LogP contribution in [0.25, 0.3) is 0 Å². The summed E-state index contributed by atoms with van der Waals surface area (Å²) in [4.78, 5) is 48.9. The summed E-state index contributed by atoms with van der Waals surface area (Å²) in [5.41, 5.74) is 3.50. The number of β-lactam (4-membered cyclic amide) rings is 1. The topological polar surface area (TPSA) is 146 Å². The summed E-state index contributed by atoms with van der Waals surface area (Å²) >= 11 is 6.69. The third-order valence-electron chi connectivity index (χ3n) is 3.77. The first-order valence-electron chi connectivity index (χ1n) is 7.50. The largest absolute Gasteiger partial charge is 0.445 e. The number of ether oxygens (including phenoxy) is 4. The van der Waals surface area contributed by atoms with Crippen LogP contribution in [-0.4, -0.2) is 79.1 Å². The van der Waals surface area contributed by atoms with Crippen LogP contribution in [-0.2, 0) is 33.3 Å². The maximum atomic E-state index is 12.8. The fraction of sp³-hybridized carbons (Fsp3) is 0.571. The van der Waals surface area contributed by atoms with Gasteiger partial charge in [-0.05, 0) is 0 Å². The number of carbonyl (C=O) groups excluding carboxylic acids is 4. The number of hydrogen-bond acceptors (Lipinski definition) is 9. The van der Waals surface area contributed by atoms with Crippen molar-refractivity contribution in [3.8, 4) is 0 Å². The van der Waals surface area contributed by atoms with E-state index in [-0.39, 0.29) is 30.7 Å². The monoisotopic (exact) mass is 423 g/mol. The number of nitrogens with two attached hydrogens (primary N) is 1. The molecule has 1 fully saturated rings. The van der Waals surface area contributed by atoms with E-state index in [1.807, 2.05) is 0 Å². The number of fused-ring (bicyclic) bond motifs is 1. The molecule has 0 aromatic carbocycles. The summed E-state index contributed by atoms with van der Waals surface area (Å²) in [6.07, 6.45) is -1.03. The number of carbonyl (C=O) groups is 4. The maximum Gasteiger partial charge on any atom is 0.404 e. The quantitative estimate of drug-likeness (QED) is 0.219. The zero-order valence-electron chi connectivity index (χ0n) is 14.5. The summed E-state index contributed by atoms with van der Waals surface area (Å²) in [6, 6.07) is 0. The van der Waals surface area contributed by atoms with E-state index in [4.69, 9.17) is 36.3 Å². The SMILES string of the molecule is COCOC(=O)C1=C(COC(N)=O)CS[C@@H]2N1C(=O)C2(NC(=O)CCl)OC. The van der Waals surface area contributed by atoms with E-state index in [0.717, 1.165) is 4.90 Å². The number of primary amides is 1. The van der Waals surface area contributed by atoms with E-state index in [2.05, 4.69) is 5.32 Å². The lowest BCUT2D eigenvalue weighted by Crippen LogP contribution is -2.80. The van der Waals surface area contributed by atoms with Crippen LogP contribution in [0.15, 0.2) is 11.3 Å². The summed E-state index contributed by atoms with van der Waals surface area (Å²) in [5, 5.41) is 1.69. The van der Waals surface area contributed by atoms with E-state index in [1.165, 1.54) is 26.0 Å². The number of nitrogens with one attached hydrogen (secondary N) is 1. The van der Waals surface area contributed by atoms with Gasteiger partial charge in [-0.3, -0.25) is 14.5 Å². The fourth-order valence-corrected chi connectivity index (χ4v) is 4.11. The Morgan fingerprint density at radius 2 is 2.07 bits per heavy atom. The van der Waals surface area contributed by atoms with E-state index in [0.29, 0.717) is 5.57 Å². The van der Waals surface area contributed by atoms with Crippen LogP contribution < -0.4 is 11.1 Å². The second-order valence-corrected chi connectivity index (χ2v) is 6.69. The number of rotatable bonds is 8. The lowest BCUT2D eigenvalue weighted by atomic mass is 9.98. The van der Waals surface area contributed by atoms with Crippen molar-refractivity contribution in [3.05, 3.63) is 11.3 Å². The molecule has 1 unspecified atom stereocenters. The first kappa shape index (κ1) is 21.3. The molecule has 13 heteroatoms. The Kier molecular flexibility index (Phi) is 6.92. The molecule has 0 saturated carbocycles. The van der Waals surface area contributed by atoms with Crippen molar-refractivity contribution in [1.29, 1.82) is 0 Å². The molecule has 2 atom stereocenters. The number of halogens is 1. The van der Waals surface area contributed by atoms with Crippen molar-refractivity contribution in [2.45, 2.75) is 11.1 Å². The molecule has 0 radical (unpaired) electrons. The lowest BCUT2D eigenvalue weighted by Gasteiger charge is -2.55. The summed E-state index contributed by atoms with van der Waals surface area (Å²) in [6.45, 7) is -0.644. The van der Waals surface area contributed by atoms with Gasteiger partial charge >= 0.3 is 12.1 Å². The van der Waals surface area contributed by atoms with Crippen molar-refractivity contribution >= 4 is 47.2 Å². The van der Waals surface area contributed by atoms with Crippen molar-refractivity contribution in [2.24, 2.45) is 5.73 Å². The highest BCUT2D eigenvalue weighted by Crippen LogP contribution is 2.46. The minimum absolute atomic E-state index is 0.116. The molecule has 3 N–H and O–H groups in total. The first-order valence-corrected chi connectivity index (χ1v) is 9.08. The van der Waals surface area contributed by atoms with E-state index >= 15 is 0 Å². The number of hydrogen-bond donors (Lipinski definition) is 2. The molecule has 2 aliphatic heterocycles. The molecule has 2 rings (SSSR count). The summed E-state index contributed by atoms with van der Waals surface area (Å²) < 4.78 is 19.6. The molecular formula is C14H18ClN3O8S. The van der Waals surface area contributed by atoms with E-state index < -0.39 is 35.0 Å². The molecule has 0 aromatic heterocycles. The first-order chi connectivity index (χ1) is 12.8. The third-order valence-corrected chi connectivity index (χ3v) is 5.38. The van der Waals surface area contributed by atoms with Crippen LogP contribution in [0.2, 0.25) is 0 Å². The fourth-order valence-electron chi connectivity index (χ4n) is 2.62. The molecule has 1 saturated heterocycles. The zero-order chi connectivity index (χ0) is 20.2. The van der Waals surface area contributed by atoms with Gasteiger partial charge in [0.25, 0.3) is 11.6 Å². The van der Waals surface area contributed by atoms with Gasteiger partial charge in [-0.25, -0.2) is 9.59 Å². The Morgan fingerprint density at radius 1 is 1.37 bits per heavy atom. The molecule has 0 bridgehead atoms. The summed E-state index contributed by atoms with van der Waals surface area (Å²) in [7, 11) is 2.58. The molecule has 2 heterocycles. The van der Waals surface area contributed by atoms with Crippen LogP contribution in [0, 0.1) is 0 Å². The Hall–Kier alpha value is -2.02. The Balaban J connectivity index is 2.35. The molecule has 3 amide bonds. The van der Waals surface area contributed by atoms with Crippen LogP contribution >= 0.6 is 23.4 Å². The van der Waals surface area contributed by atoms with Gasteiger partial charge in [-0.2, -0.15) is 0 Å². The van der Waals surface area contributed by atoms with Gasteiger partial charge in [0, 0.05) is 25.5 Å². The molecule has 27 heavy (non-hydrogen) atoms. The molecule has 0 aliphatic carbocycles. The molecule has 150 valence electrons. The number of amides is 3. The predicted molar refractivity (Wildman–Crippen MR) is 92.2 cm³/mol. The predicted octanol–water partition coefficient (Wildman–Crippen LogP) is -0.904. The van der Waals surface area contributed by atoms with E-state index in [9.17, 15) is 19.2 Å². The Labute approximate surface area is 163 Å². The van der Waals surface area contributed by atoms with Gasteiger partial charge in [-0.1, -0.05) is 0 Å². The van der Waals surface area contributed by atoms with Crippen molar-refractivity contribution in [2.75, 3.05) is 39.3 Å². The third kappa shape index (κ3) is 3.98. The molecule has 11 nitrogen and oxygen atoms in total. The number of alkyl halides is 1. The van der Waals surface area contributed by atoms with Gasteiger partial charge in [0.05, 0.1) is 0 Å². The summed E-state index contributed by atoms with van der Waals surface area (Å²) in [5.74, 6) is -2.33. The minimum atomic E-state index is -1.67. The molecule has 2 aliphatic rings. The van der Waals surface area contributed by atoms with Crippen molar-refractivity contribution in [3.63, 3.8) is 0 Å². The number of methoxy groups -OCH3 is 2. The van der Waals surface area contributed by atoms with Gasteiger partial charge in [0.2, 0.25) is 5.91 Å². The minimum Gasteiger partial charge on any atom is -0.445 e. The van der Waals surface area contributed by atoms with Crippen LogP contribution in [0.1, 0.15) is 0 Å². The molecular weight excluding hydrogens is 406 g/mol. The average Bonchev–Trinajstić information content (AvgIpc) is 2.67. The zero-order valence-corrected chi connectivity index (χ0v) is 16.1. The number of thioether (sulfide) groups is 1. The van der Waals surface area contributed by atoms with Gasteiger partial charge in [0.1, 0.15) is 23.6 Å². The van der Waals surface area contributed by atoms with Crippen molar-refractivity contribution in [1.82, 2.24) is 10.2 Å².